The lowest BCUT2D eigenvalue weighted by Crippen LogP contribution is -2.35. The lowest BCUT2D eigenvalue weighted by Gasteiger charge is -2.29. The van der Waals surface area contributed by atoms with Gasteiger partial charge in [0.15, 0.2) is 0 Å². The van der Waals surface area contributed by atoms with E-state index in [1.807, 2.05) is 0 Å². The van der Waals surface area contributed by atoms with Crippen LogP contribution in [0.25, 0.3) is 0 Å². The number of thioether (sulfide) groups is 1. The van der Waals surface area contributed by atoms with Gasteiger partial charge < -0.3 is 10.1 Å². The Balaban J connectivity index is 2.31. The standard InChI is InChI=1S/C14H29NOS/c1-5-15-13(11-17-14(2,3)4)10-12-6-8-16-9-7-12/h12-13,15H,5-11H2,1-4H3. The molecule has 0 aliphatic carbocycles. The molecule has 1 atom stereocenters. The molecule has 0 saturated carbocycles. The summed E-state index contributed by atoms with van der Waals surface area (Å²) in [5, 5.41) is 3.64. The average molecular weight is 259 g/mol. The fourth-order valence-electron chi connectivity index (χ4n) is 2.23. The van der Waals surface area contributed by atoms with Crippen molar-refractivity contribution in [2.75, 3.05) is 25.5 Å². The van der Waals surface area contributed by atoms with E-state index in [0.717, 1.165) is 25.7 Å². The van der Waals surface area contributed by atoms with Crippen LogP contribution in [0.15, 0.2) is 0 Å². The summed E-state index contributed by atoms with van der Waals surface area (Å²) in [6.07, 6.45) is 3.82. The molecule has 102 valence electrons. The van der Waals surface area contributed by atoms with Gasteiger partial charge in [0, 0.05) is 29.8 Å². The largest absolute Gasteiger partial charge is 0.381 e. The number of ether oxygens (including phenoxy) is 1. The number of hydrogen-bond donors (Lipinski definition) is 1. The van der Waals surface area contributed by atoms with Crippen LogP contribution >= 0.6 is 11.8 Å². The van der Waals surface area contributed by atoms with Gasteiger partial charge in [0.05, 0.1) is 0 Å². The van der Waals surface area contributed by atoms with Gasteiger partial charge >= 0.3 is 0 Å². The second kappa shape index (κ2) is 7.65. The van der Waals surface area contributed by atoms with Gasteiger partial charge in [-0.1, -0.05) is 27.7 Å². The predicted molar refractivity (Wildman–Crippen MR) is 77.8 cm³/mol. The van der Waals surface area contributed by atoms with Crippen LogP contribution in [0.3, 0.4) is 0 Å². The molecule has 0 spiro atoms. The van der Waals surface area contributed by atoms with Gasteiger partial charge in [-0.25, -0.2) is 0 Å². The molecule has 17 heavy (non-hydrogen) atoms. The molecule has 1 rings (SSSR count). The molecule has 1 unspecified atom stereocenters. The molecule has 0 bridgehead atoms. The maximum atomic E-state index is 5.43. The van der Waals surface area contributed by atoms with Crippen molar-refractivity contribution in [3.8, 4) is 0 Å². The summed E-state index contributed by atoms with van der Waals surface area (Å²) in [5.41, 5.74) is 0. The quantitative estimate of drug-likeness (QED) is 0.791. The highest BCUT2D eigenvalue weighted by Crippen LogP contribution is 2.27. The van der Waals surface area contributed by atoms with E-state index in [1.165, 1.54) is 25.0 Å². The molecule has 1 aliphatic heterocycles. The minimum absolute atomic E-state index is 0.378. The zero-order valence-electron chi connectivity index (χ0n) is 11.9. The molecule has 1 aliphatic rings. The highest BCUT2D eigenvalue weighted by Gasteiger charge is 2.20. The maximum Gasteiger partial charge on any atom is 0.0468 e. The van der Waals surface area contributed by atoms with E-state index < -0.39 is 0 Å². The van der Waals surface area contributed by atoms with Gasteiger partial charge in [-0.2, -0.15) is 11.8 Å². The summed E-state index contributed by atoms with van der Waals surface area (Å²) in [4.78, 5) is 0. The fourth-order valence-corrected chi connectivity index (χ4v) is 3.19. The minimum atomic E-state index is 0.378. The van der Waals surface area contributed by atoms with Crippen molar-refractivity contribution in [1.29, 1.82) is 0 Å². The van der Waals surface area contributed by atoms with Gasteiger partial charge in [-0.3, -0.25) is 0 Å². The molecule has 1 saturated heterocycles. The molecule has 1 heterocycles. The molecule has 0 amide bonds. The second-order valence-corrected chi connectivity index (χ2v) is 7.82. The summed E-state index contributed by atoms with van der Waals surface area (Å²) in [7, 11) is 0. The van der Waals surface area contributed by atoms with Crippen LogP contribution in [0.2, 0.25) is 0 Å². The molecule has 1 N–H and O–H groups in total. The molecule has 0 aromatic carbocycles. The zero-order chi connectivity index (χ0) is 12.7. The molecule has 0 aromatic heterocycles. The van der Waals surface area contributed by atoms with Crippen LogP contribution in [0.1, 0.15) is 47.0 Å². The van der Waals surface area contributed by atoms with Crippen LogP contribution in [0.5, 0.6) is 0 Å². The summed E-state index contributed by atoms with van der Waals surface area (Å²) in [6.45, 7) is 12.1. The number of rotatable bonds is 6. The van der Waals surface area contributed by atoms with Crippen molar-refractivity contribution >= 4 is 11.8 Å². The van der Waals surface area contributed by atoms with Crippen molar-refractivity contribution in [3.05, 3.63) is 0 Å². The van der Waals surface area contributed by atoms with Gasteiger partial charge in [0.2, 0.25) is 0 Å². The monoisotopic (exact) mass is 259 g/mol. The SMILES string of the molecule is CCNC(CSC(C)(C)C)CC1CCOCC1. The Labute approximate surface area is 111 Å². The van der Waals surface area contributed by atoms with Crippen molar-refractivity contribution in [2.45, 2.75) is 57.7 Å². The maximum absolute atomic E-state index is 5.43. The van der Waals surface area contributed by atoms with Crippen LogP contribution in [0, 0.1) is 5.92 Å². The van der Waals surface area contributed by atoms with E-state index in [1.54, 1.807) is 0 Å². The first-order valence-electron chi connectivity index (χ1n) is 6.96. The normalized spacial score (nSPS) is 20.5. The van der Waals surface area contributed by atoms with E-state index >= 15 is 0 Å². The lowest BCUT2D eigenvalue weighted by atomic mass is 9.93. The molecular weight excluding hydrogens is 230 g/mol. The third-order valence-corrected chi connectivity index (χ3v) is 4.60. The Morgan fingerprint density at radius 2 is 1.94 bits per heavy atom. The van der Waals surface area contributed by atoms with Crippen molar-refractivity contribution in [1.82, 2.24) is 5.32 Å². The summed E-state index contributed by atoms with van der Waals surface area (Å²) in [5.74, 6) is 2.10. The first-order chi connectivity index (χ1) is 8.01. The molecule has 3 heteroatoms. The van der Waals surface area contributed by atoms with Crippen molar-refractivity contribution in [3.63, 3.8) is 0 Å². The van der Waals surface area contributed by atoms with Gasteiger partial charge in [-0.15, -0.1) is 0 Å². The molecule has 0 aromatic rings. The van der Waals surface area contributed by atoms with Gasteiger partial charge in [-0.05, 0) is 31.7 Å². The first-order valence-corrected chi connectivity index (χ1v) is 7.95. The first kappa shape index (κ1) is 15.3. The van der Waals surface area contributed by atoms with Crippen LogP contribution in [-0.2, 0) is 4.74 Å². The number of hydrogen-bond acceptors (Lipinski definition) is 3. The fraction of sp³-hybridized carbons (Fsp3) is 1.00. The van der Waals surface area contributed by atoms with Crippen molar-refractivity contribution in [2.24, 2.45) is 5.92 Å². The Morgan fingerprint density at radius 3 is 2.47 bits per heavy atom. The van der Waals surface area contributed by atoms with Gasteiger partial charge in [0.1, 0.15) is 0 Å². The smallest absolute Gasteiger partial charge is 0.0468 e. The van der Waals surface area contributed by atoms with Crippen LogP contribution in [0.4, 0.5) is 0 Å². The Kier molecular flexibility index (Phi) is 6.90. The van der Waals surface area contributed by atoms with Crippen LogP contribution in [-0.4, -0.2) is 36.3 Å². The molecule has 2 nitrogen and oxygen atoms in total. The highest BCUT2D eigenvalue weighted by atomic mass is 32.2. The highest BCUT2D eigenvalue weighted by molar-refractivity contribution is 8.00. The predicted octanol–water partition coefficient (Wildman–Crippen LogP) is 3.31. The van der Waals surface area contributed by atoms with E-state index in [4.69, 9.17) is 4.74 Å². The minimum Gasteiger partial charge on any atom is -0.381 e. The Bertz CT molecular complexity index is 197. The van der Waals surface area contributed by atoms with Gasteiger partial charge in [0.25, 0.3) is 0 Å². The van der Waals surface area contributed by atoms with Crippen LogP contribution < -0.4 is 5.32 Å². The Morgan fingerprint density at radius 1 is 1.29 bits per heavy atom. The van der Waals surface area contributed by atoms with E-state index in [-0.39, 0.29) is 0 Å². The Hall–Kier alpha value is 0.270. The lowest BCUT2D eigenvalue weighted by molar-refractivity contribution is 0.0614. The average Bonchev–Trinajstić information content (AvgIpc) is 2.27. The molecular formula is C14H29NOS. The zero-order valence-corrected chi connectivity index (χ0v) is 12.7. The third kappa shape index (κ3) is 7.32. The number of nitrogens with one attached hydrogen (secondary N) is 1. The molecule has 0 radical (unpaired) electrons. The van der Waals surface area contributed by atoms with E-state index in [0.29, 0.717) is 10.8 Å². The third-order valence-electron chi connectivity index (χ3n) is 3.17. The summed E-state index contributed by atoms with van der Waals surface area (Å²) < 4.78 is 5.81. The van der Waals surface area contributed by atoms with E-state index in [2.05, 4.69) is 44.8 Å². The van der Waals surface area contributed by atoms with Crippen molar-refractivity contribution < 1.29 is 4.74 Å². The molecule has 1 fully saturated rings. The summed E-state index contributed by atoms with van der Waals surface area (Å²) in [6, 6.07) is 0.673. The topological polar surface area (TPSA) is 21.3 Å². The second-order valence-electron chi connectivity index (χ2n) is 5.97. The van der Waals surface area contributed by atoms with E-state index in [9.17, 15) is 0 Å². The summed E-state index contributed by atoms with van der Waals surface area (Å²) >= 11 is 2.08.